The minimum Gasteiger partial charge on any atom is -0.382 e. The number of aliphatic hydroxyl groups excluding tert-OH is 4. The number of aliphatic hydroxyl groups is 4. The van der Waals surface area contributed by atoms with Gasteiger partial charge in [0.2, 0.25) is 0 Å². The average Bonchev–Trinajstić information content (AvgIpc) is 4.04. The van der Waals surface area contributed by atoms with Gasteiger partial charge in [0.25, 0.3) is 0 Å². The van der Waals surface area contributed by atoms with Gasteiger partial charge in [-0.25, -0.2) is 9.97 Å². The number of carbonyl (C=O) groups excluding carboxylic acids is 2. The molecule has 0 fully saturated rings. The van der Waals surface area contributed by atoms with Gasteiger partial charge < -0.3 is 49.8 Å². The number of aldehydes is 2. The van der Waals surface area contributed by atoms with Crippen molar-refractivity contribution in [3.8, 4) is 11.3 Å². The van der Waals surface area contributed by atoms with Crippen molar-refractivity contribution in [2.45, 2.75) is 65.0 Å². The van der Waals surface area contributed by atoms with E-state index in [0.717, 1.165) is 31.5 Å². The van der Waals surface area contributed by atoms with Gasteiger partial charge in [-0.2, -0.15) is 0 Å². The smallest absolute Gasteiger partial charge is 0.151 e. The van der Waals surface area contributed by atoms with Gasteiger partial charge in [-0.15, -0.1) is 22.7 Å². The molecule has 0 spiro atoms. The van der Waals surface area contributed by atoms with Crippen LogP contribution in [0.15, 0.2) is 83.9 Å². The van der Waals surface area contributed by atoms with Gasteiger partial charge in [0, 0.05) is 48.0 Å². The van der Waals surface area contributed by atoms with Crippen molar-refractivity contribution in [2.75, 3.05) is 27.2 Å². The number of carbonyl (C=O) groups is 2. The highest BCUT2D eigenvalue weighted by atomic mass is 32.1. The number of nitrogens with zero attached hydrogens (tertiary/aromatic N) is 4. The number of hydrogen-bond donors (Lipinski definition) is 6. The van der Waals surface area contributed by atoms with Crippen molar-refractivity contribution in [2.24, 2.45) is 14.1 Å². The van der Waals surface area contributed by atoms with Crippen LogP contribution in [0.5, 0.6) is 0 Å². The van der Waals surface area contributed by atoms with Gasteiger partial charge in [0.1, 0.15) is 36.1 Å². The normalized spacial score (nSPS) is 12.2. The topological polar surface area (TPSA) is 175 Å². The predicted molar refractivity (Wildman–Crippen MR) is 213 cm³/mol. The van der Waals surface area contributed by atoms with Crippen LogP contribution in [-0.2, 0) is 36.5 Å². The molecule has 5 aromatic rings. The number of rotatable bonds is 13. The van der Waals surface area contributed by atoms with E-state index < -0.39 is 24.4 Å². The first-order valence-corrected chi connectivity index (χ1v) is 18.9. The van der Waals surface area contributed by atoms with Gasteiger partial charge in [0.05, 0.1) is 5.69 Å². The van der Waals surface area contributed by atoms with Gasteiger partial charge in [0.15, 0.2) is 12.6 Å². The zero-order valence-electron chi connectivity index (χ0n) is 31.6. The van der Waals surface area contributed by atoms with Gasteiger partial charge >= 0.3 is 0 Å². The van der Waals surface area contributed by atoms with E-state index in [2.05, 4.69) is 55.6 Å². The summed E-state index contributed by atoms with van der Waals surface area (Å²) in [6.07, 6.45) is 2.30. The Labute approximate surface area is 316 Å². The molecule has 4 aromatic heterocycles. The molecule has 14 heteroatoms. The Bertz CT molecular complexity index is 1510. The molecule has 4 heterocycles. The van der Waals surface area contributed by atoms with Crippen LogP contribution >= 0.6 is 22.7 Å². The van der Waals surface area contributed by atoms with E-state index in [-0.39, 0.29) is 17.9 Å². The van der Waals surface area contributed by atoms with Crippen LogP contribution in [0.1, 0.15) is 61.3 Å². The maximum atomic E-state index is 10.5. The fourth-order valence-corrected chi connectivity index (χ4v) is 5.44. The van der Waals surface area contributed by atoms with Crippen LogP contribution in [-0.4, -0.2) is 91.5 Å². The lowest BCUT2D eigenvalue weighted by Crippen LogP contribution is -2.22. The third-order valence-electron chi connectivity index (χ3n) is 6.70. The standard InChI is InChI=1S/C13H14N2O3.C7H10N2O3.2C7H11NS.2C2H6/c1-15-7-10(9-5-3-2-4-6-9)14-13(15)12(18)11(17)8-16;1-9-3-2-8-7(9)6(12)5(11)4-10;2*1-8-5-4-7-3-2-6-9-7;2*1-2/h2-8,11-12,17-18H,1H3;2-6,11-12H,1H3;2*2-3,6,8H,4-5H2,1H3;2*1-2H3/t11-,12+;5-,6+;;;;/m00..../s1. The fraction of sp³-hybridized carbons (Fsp3) is 0.421. The monoisotopic (exact) mass is 758 g/mol. The number of imidazole rings is 2. The summed E-state index contributed by atoms with van der Waals surface area (Å²) in [5.74, 6) is 0.531. The number of aromatic nitrogens is 4. The summed E-state index contributed by atoms with van der Waals surface area (Å²) in [5.41, 5.74) is 1.59. The maximum absolute atomic E-state index is 10.5. The molecule has 1 aromatic carbocycles. The number of likely N-dealkylation sites (N-methyl/N-ethyl adjacent to an activating group) is 2. The summed E-state index contributed by atoms with van der Waals surface area (Å²) in [6, 6.07) is 18.0. The molecule has 0 radical (unpaired) electrons. The van der Waals surface area contributed by atoms with Crippen molar-refractivity contribution >= 4 is 35.2 Å². The van der Waals surface area contributed by atoms with Crippen molar-refractivity contribution in [1.29, 1.82) is 0 Å². The number of hydrogen-bond acceptors (Lipinski definition) is 12. The second-order valence-corrected chi connectivity index (χ2v) is 12.4. The maximum Gasteiger partial charge on any atom is 0.151 e. The predicted octanol–water partition coefficient (Wildman–Crippen LogP) is 4.77. The third-order valence-corrected chi connectivity index (χ3v) is 8.57. The van der Waals surface area contributed by atoms with Crippen LogP contribution in [0.2, 0.25) is 0 Å². The molecule has 0 aliphatic rings. The Morgan fingerprint density at radius 2 is 1.19 bits per heavy atom. The molecule has 0 saturated carbocycles. The first-order valence-electron chi connectivity index (χ1n) is 17.2. The molecule has 0 aliphatic carbocycles. The van der Waals surface area contributed by atoms with Crippen molar-refractivity contribution in [1.82, 2.24) is 29.7 Å². The average molecular weight is 759 g/mol. The molecule has 52 heavy (non-hydrogen) atoms. The van der Waals surface area contributed by atoms with Gasteiger partial charge in [-0.3, -0.25) is 0 Å². The Balaban J connectivity index is 0.000000672. The van der Waals surface area contributed by atoms with Gasteiger partial charge in [-0.1, -0.05) is 70.2 Å². The first-order chi connectivity index (χ1) is 25.2. The number of benzene rings is 1. The minimum atomic E-state index is -1.46. The highest BCUT2D eigenvalue weighted by molar-refractivity contribution is 7.10. The van der Waals surface area contributed by atoms with Crippen molar-refractivity contribution in [3.05, 3.63) is 105 Å². The van der Waals surface area contributed by atoms with E-state index in [1.807, 2.05) is 94.8 Å². The lowest BCUT2D eigenvalue weighted by atomic mass is 10.2. The molecule has 0 unspecified atom stereocenters. The fourth-order valence-electron chi connectivity index (χ4n) is 4.03. The molecule has 288 valence electrons. The van der Waals surface area contributed by atoms with Crippen molar-refractivity contribution in [3.63, 3.8) is 0 Å². The summed E-state index contributed by atoms with van der Waals surface area (Å²) >= 11 is 3.65. The molecule has 0 bridgehead atoms. The zero-order chi connectivity index (χ0) is 39.3. The Morgan fingerprint density at radius 1 is 0.712 bits per heavy atom. The third kappa shape index (κ3) is 18.1. The molecular weight excluding hydrogens is 701 g/mol. The zero-order valence-corrected chi connectivity index (χ0v) is 33.2. The molecule has 0 aliphatic heterocycles. The van der Waals surface area contributed by atoms with Crippen LogP contribution in [0.25, 0.3) is 11.3 Å². The number of thiophene rings is 2. The van der Waals surface area contributed by atoms with E-state index in [4.69, 9.17) is 5.11 Å². The molecule has 4 atom stereocenters. The first kappa shape index (κ1) is 48.1. The summed E-state index contributed by atoms with van der Waals surface area (Å²) in [6.45, 7) is 10.2. The van der Waals surface area contributed by atoms with Crippen LogP contribution in [0.3, 0.4) is 0 Å². The molecule has 0 saturated heterocycles. The Morgan fingerprint density at radius 3 is 1.58 bits per heavy atom. The summed E-state index contributed by atoms with van der Waals surface area (Å²) < 4.78 is 3.14. The van der Waals surface area contributed by atoms with Crippen LogP contribution in [0, 0.1) is 0 Å². The lowest BCUT2D eigenvalue weighted by Gasteiger charge is -2.11. The van der Waals surface area contributed by atoms with Crippen molar-refractivity contribution < 1.29 is 30.0 Å². The van der Waals surface area contributed by atoms with E-state index >= 15 is 0 Å². The van der Waals surface area contributed by atoms with E-state index in [1.165, 1.54) is 20.5 Å². The van der Waals surface area contributed by atoms with E-state index in [0.29, 0.717) is 12.0 Å². The van der Waals surface area contributed by atoms with E-state index in [1.54, 1.807) is 31.1 Å². The van der Waals surface area contributed by atoms with Crippen LogP contribution in [0.4, 0.5) is 0 Å². The summed E-state index contributed by atoms with van der Waals surface area (Å²) in [7, 11) is 7.33. The largest absolute Gasteiger partial charge is 0.382 e. The van der Waals surface area contributed by atoms with E-state index in [9.17, 15) is 24.9 Å². The quantitative estimate of drug-likeness (QED) is 0.0919. The molecule has 5 rings (SSSR count). The SMILES string of the molecule is CC.CC.CNCCc1cccs1.CNCCc1cccs1.Cn1cc(-c2ccccc2)nc1[C@H](O)[C@@H](O)C=O.Cn1ccnc1[C@H](O)[C@@H](O)C=O. The second kappa shape index (κ2) is 29.7. The highest BCUT2D eigenvalue weighted by Gasteiger charge is 2.23. The number of aryl methyl sites for hydroxylation is 2. The number of nitrogens with one attached hydrogen (secondary N) is 2. The molecular formula is C38H58N6O6S2. The molecule has 6 N–H and O–H groups in total. The molecule has 0 amide bonds. The summed E-state index contributed by atoms with van der Waals surface area (Å²) in [5, 5.41) is 47.8. The second-order valence-electron chi connectivity index (χ2n) is 10.4. The highest BCUT2D eigenvalue weighted by Crippen LogP contribution is 2.22. The lowest BCUT2D eigenvalue weighted by molar-refractivity contribution is -0.121. The van der Waals surface area contributed by atoms with Gasteiger partial charge in [-0.05, 0) is 62.9 Å². The molecule has 12 nitrogen and oxygen atoms in total. The Hall–Kier alpha value is -3.86. The Kier molecular flexibility index (Phi) is 27.5. The minimum absolute atomic E-state index is 0.258. The summed E-state index contributed by atoms with van der Waals surface area (Å²) in [4.78, 5) is 31.5. The van der Waals surface area contributed by atoms with Crippen LogP contribution < -0.4 is 10.6 Å².